The van der Waals surface area contributed by atoms with Crippen LogP contribution < -0.4 is 11.1 Å². The summed E-state index contributed by atoms with van der Waals surface area (Å²) in [6.07, 6.45) is 4.14. The first-order valence-electron chi connectivity index (χ1n) is 7.63. The molecule has 1 aromatic carbocycles. The maximum absolute atomic E-state index is 12.1. The number of nitrogens with one attached hydrogen (secondary N) is 1. The minimum atomic E-state index is 0.0548. The van der Waals surface area contributed by atoms with Crippen LogP contribution >= 0.6 is 11.3 Å². The number of hydrogen-bond donors (Lipinski definition) is 2. The molecule has 0 radical (unpaired) electrons. The van der Waals surface area contributed by atoms with E-state index in [0.29, 0.717) is 18.1 Å². The average molecular weight is 328 g/mol. The summed E-state index contributed by atoms with van der Waals surface area (Å²) in [5, 5.41) is 6.68. The van der Waals surface area contributed by atoms with Crippen molar-refractivity contribution in [2.75, 3.05) is 12.3 Å². The van der Waals surface area contributed by atoms with E-state index in [0.717, 1.165) is 35.0 Å². The van der Waals surface area contributed by atoms with Gasteiger partial charge in [-0.1, -0.05) is 18.2 Å². The molecule has 120 valence electrons. The highest BCUT2D eigenvalue weighted by Crippen LogP contribution is 2.20. The lowest BCUT2D eigenvalue weighted by atomic mass is 10.1. The second-order valence-corrected chi connectivity index (χ2v) is 6.48. The van der Waals surface area contributed by atoms with Crippen LogP contribution in [0.5, 0.6) is 0 Å². The Balaban J connectivity index is 1.51. The van der Waals surface area contributed by atoms with Crippen molar-refractivity contribution in [2.24, 2.45) is 7.05 Å². The fraction of sp³-hybridized carbons (Fsp3) is 0.294. The molecule has 3 aromatic rings. The zero-order chi connectivity index (χ0) is 16.2. The van der Waals surface area contributed by atoms with E-state index in [2.05, 4.69) is 27.0 Å². The van der Waals surface area contributed by atoms with E-state index in [4.69, 9.17) is 5.73 Å². The second kappa shape index (κ2) is 6.83. The predicted molar refractivity (Wildman–Crippen MR) is 94.5 cm³/mol. The maximum Gasteiger partial charge on any atom is 0.224 e. The first-order valence-corrected chi connectivity index (χ1v) is 8.51. The monoisotopic (exact) mass is 328 g/mol. The largest absolute Gasteiger partial charge is 0.375 e. The SMILES string of the molecule is Cn1cc(CC(=O)NCCCc2csc(N)n2)c2ccccc21. The van der Waals surface area contributed by atoms with Crippen molar-refractivity contribution in [3.63, 3.8) is 0 Å². The van der Waals surface area contributed by atoms with E-state index in [1.165, 1.54) is 11.3 Å². The average Bonchev–Trinajstić information content (AvgIpc) is 3.09. The topological polar surface area (TPSA) is 72.9 Å². The number of aryl methyl sites for hydroxylation is 2. The number of nitrogens with two attached hydrogens (primary N) is 1. The van der Waals surface area contributed by atoms with Crippen molar-refractivity contribution < 1.29 is 4.79 Å². The highest BCUT2D eigenvalue weighted by atomic mass is 32.1. The van der Waals surface area contributed by atoms with Crippen LogP contribution in [0.2, 0.25) is 0 Å². The zero-order valence-corrected chi connectivity index (χ0v) is 13.9. The molecule has 0 fully saturated rings. The van der Waals surface area contributed by atoms with Crippen LogP contribution in [0.25, 0.3) is 10.9 Å². The van der Waals surface area contributed by atoms with Crippen molar-refractivity contribution in [3.8, 4) is 0 Å². The van der Waals surface area contributed by atoms with Crippen LogP contribution in [0.1, 0.15) is 17.7 Å². The second-order valence-electron chi connectivity index (χ2n) is 5.59. The van der Waals surface area contributed by atoms with E-state index in [1.54, 1.807) is 0 Å². The minimum Gasteiger partial charge on any atom is -0.375 e. The maximum atomic E-state index is 12.1. The fourth-order valence-electron chi connectivity index (χ4n) is 2.74. The molecule has 2 heterocycles. The molecule has 5 nitrogen and oxygen atoms in total. The third-order valence-corrected chi connectivity index (χ3v) is 4.55. The molecule has 0 aliphatic carbocycles. The summed E-state index contributed by atoms with van der Waals surface area (Å²) < 4.78 is 2.06. The number of aromatic nitrogens is 2. The van der Waals surface area contributed by atoms with Gasteiger partial charge in [0.05, 0.1) is 12.1 Å². The molecule has 0 atom stereocenters. The van der Waals surface area contributed by atoms with E-state index in [1.807, 2.05) is 30.8 Å². The number of rotatable bonds is 6. The van der Waals surface area contributed by atoms with Gasteiger partial charge in [-0.15, -0.1) is 11.3 Å². The molecular formula is C17H20N4OS. The highest BCUT2D eigenvalue weighted by Gasteiger charge is 2.10. The lowest BCUT2D eigenvalue weighted by molar-refractivity contribution is -0.120. The Bertz CT molecular complexity index is 821. The van der Waals surface area contributed by atoms with Gasteiger partial charge in [-0.05, 0) is 24.5 Å². The van der Waals surface area contributed by atoms with Gasteiger partial charge < -0.3 is 15.6 Å². The standard InChI is InChI=1S/C17H20N4OS/c1-21-10-12(14-6-2-3-7-15(14)21)9-16(22)19-8-4-5-13-11-23-17(18)20-13/h2-3,6-7,10-11H,4-5,8-9H2,1H3,(H2,18,20)(H,19,22). The molecule has 0 unspecified atom stereocenters. The number of para-hydroxylation sites is 1. The number of benzene rings is 1. The number of anilines is 1. The third-order valence-electron chi connectivity index (χ3n) is 3.83. The van der Waals surface area contributed by atoms with Crippen LogP contribution in [-0.4, -0.2) is 22.0 Å². The Morgan fingerprint density at radius 2 is 2.22 bits per heavy atom. The molecule has 3 rings (SSSR count). The van der Waals surface area contributed by atoms with Crippen molar-refractivity contribution in [3.05, 3.63) is 47.1 Å². The number of nitrogen functional groups attached to an aromatic ring is 1. The molecule has 23 heavy (non-hydrogen) atoms. The van der Waals surface area contributed by atoms with Crippen LogP contribution in [0.15, 0.2) is 35.8 Å². The smallest absolute Gasteiger partial charge is 0.224 e. The van der Waals surface area contributed by atoms with Crippen molar-refractivity contribution in [1.29, 1.82) is 0 Å². The van der Waals surface area contributed by atoms with Crippen molar-refractivity contribution in [1.82, 2.24) is 14.9 Å². The number of thiazole rings is 1. The van der Waals surface area contributed by atoms with E-state index in [9.17, 15) is 4.79 Å². The van der Waals surface area contributed by atoms with Crippen LogP contribution in [-0.2, 0) is 24.7 Å². The summed E-state index contributed by atoms with van der Waals surface area (Å²) in [4.78, 5) is 16.3. The number of nitrogens with zero attached hydrogens (tertiary/aromatic N) is 2. The van der Waals surface area contributed by atoms with Gasteiger partial charge in [0.15, 0.2) is 5.13 Å². The summed E-state index contributed by atoms with van der Waals surface area (Å²) in [5.41, 5.74) is 8.81. The van der Waals surface area contributed by atoms with Gasteiger partial charge in [0.2, 0.25) is 5.91 Å². The predicted octanol–water partition coefficient (Wildman–Crippen LogP) is 2.51. The molecule has 0 aliphatic rings. The molecule has 0 spiro atoms. The first kappa shape index (κ1) is 15.6. The molecule has 0 bridgehead atoms. The lowest BCUT2D eigenvalue weighted by Crippen LogP contribution is -2.26. The number of amides is 1. The van der Waals surface area contributed by atoms with E-state index in [-0.39, 0.29) is 5.91 Å². The molecule has 0 saturated carbocycles. The molecule has 6 heteroatoms. The summed E-state index contributed by atoms with van der Waals surface area (Å²) >= 11 is 1.45. The quantitative estimate of drug-likeness (QED) is 0.683. The Hall–Kier alpha value is -2.34. The van der Waals surface area contributed by atoms with Gasteiger partial charge in [-0.2, -0.15) is 0 Å². The van der Waals surface area contributed by atoms with Gasteiger partial charge >= 0.3 is 0 Å². The van der Waals surface area contributed by atoms with E-state index < -0.39 is 0 Å². The lowest BCUT2D eigenvalue weighted by Gasteiger charge is -2.04. The van der Waals surface area contributed by atoms with Crippen LogP contribution in [0.3, 0.4) is 0 Å². The summed E-state index contributed by atoms with van der Waals surface area (Å²) in [6, 6.07) is 8.14. The molecule has 0 saturated heterocycles. The molecular weight excluding hydrogens is 308 g/mol. The molecule has 3 N–H and O–H groups in total. The van der Waals surface area contributed by atoms with Crippen molar-refractivity contribution >= 4 is 33.3 Å². The Labute approximate surface area is 139 Å². The van der Waals surface area contributed by atoms with Gasteiger partial charge in [-0.3, -0.25) is 4.79 Å². The zero-order valence-electron chi connectivity index (χ0n) is 13.1. The van der Waals surface area contributed by atoms with Gasteiger partial charge in [0.1, 0.15) is 0 Å². The fourth-order valence-corrected chi connectivity index (χ4v) is 3.33. The highest BCUT2D eigenvalue weighted by molar-refractivity contribution is 7.13. The third kappa shape index (κ3) is 3.71. The number of fused-ring (bicyclic) bond motifs is 1. The molecule has 2 aromatic heterocycles. The van der Waals surface area contributed by atoms with Crippen molar-refractivity contribution in [2.45, 2.75) is 19.3 Å². The number of carbonyl (C=O) groups is 1. The number of hydrogen-bond acceptors (Lipinski definition) is 4. The number of carbonyl (C=O) groups excluding carboxylic acids is 1. The van der Waals surface area contributed by atoms with Gasteiger partial charge in [0, 0.05) is 36.1 Å². The summed E-state index contributed by atoms with van der Waals surface area (Å²) in [7, 11) is 2.00. The Morgan fingerprint density at radius 3 is 3.00 bits per heavy atom. The van der Waals surface area contributed by atoms with E-state index >= 15 is 0 Å². The Morgan fingerprint density at radius 1 is 1.39 bits per heavy atom. The summed E-state index contributed by atoms with van der Waals surface area (Å²) in [6.45, 7) is 0.654. The molecule has 0 aliphatic heterocycles. The van der Waals surface area contributed by atoms with Crippen LogP contribution in [0, 0.1) is 0 Å². The van der Waals surface area contributed by atoms with Gasteiger partial charge in [0.25, 0.3) is 0 Å². The minimum absolute atomic E-state index is 0.0548. The first-order chi connectivity index (χ1) is 11.1. The summed E-state index contributed by atoms with van der Waals surface area (Å²) in [5.74, 6) is 0.0548. The van der Waals surface area contributed by atoms with Gasteiger partial charge in [-0.25, -0.2) is 4.98 Å². The Kier molecular flexibility index (Phi) is 4.62. The normalized spacial score (nSPS) is 11.0. The van der Waals surface area contributed by atoms with Crippen LogP contribution in [0.4, 0.5) is 5.13 Å². The molecule has 1 amide bonds.